The summed E-state index contributed by atoms with van der Waals surface area (Å²) >= 11 is 0. The monoisotopic (exact) mass is 375 g/mol. The van der Waals surface area contributed by atoms with Gasteiger partial charge < -0.3 is 20.3 Å². The average Bonchev–Trinajstić information content (AvgIpc) is 2.68. The Morgan fingerprint density at radius 1 is 1.11 bits per heavy atom. The number of nitrogens with one attached hydrogen (secondary N) is 2. The summed E-state index contributed by atoms with van der Waals surface area (Å²) in [5.74, 6) is 1.80. The van der Waals surface area contributed by atoms with Gasteiger partial charge >= 0.3 is 0 Å². The second-order valence-corrected chi connectivity index (χ2v) is 7.12. The molecule has 0 saturated carbocycles. The third-order valence-electron chi connectivity index (χ3n) is 4.91. The van der Waals surface area contributed by atoms with Crippen LogP contribution in [0.3, 0.4) is 0 Å². The number of rotatable bonds is 9. The lowest BCUT2D eigenvalue weighted by molar-refractivity contribution is 0.139. The van der Waals surface area contributed by atoms with Crippen molar-refractivity contribution in [2.75, 3.05) is 58.9 Å². The first-order chi connectivity index (χ1) is 13.1. The lowest BCUT2D eigenvalue weighted by atomic mass is 10.2. The van der Waals surface area contributed by atoms with Gasteiger partial charge in [0.05, 0.1) is 6.54 Å². The van der Waals surface area contributed by atoms with Crippen molar-refractivity contribution in [2.45, 2.75) is 33.8 Å². The normalized spacial score (nSPS) is 17.6. The molecule has 27 heavy (non-hydrogen) atoms. The van der Waals surface area contributed by atoms with Crippen LogP contribution in [0.2, 0.25) is 0 Å². The molecule has 1 aromatic carbocycles. The first-order valence-corrected chi connectivity index (χ1v) is 10.3. The zero-order valence-electron chi connectivity index (χ0n) is 17.5. The molecule has 0 spiro atoms. The molecule has 2 rings (SSSR count). The summed E-state index contributed by atoms with van der Waals surface area (Å²) < 4.78 is 6.02. The number of ether oxygens (including phenoxy) is 1. The van der Waals surface area contributed by atoms with Gasteiger partial charge in [0.15, 0.2) is 5.96 Å². The number of para-hydroxylation sites is 1. The number of hydrogen-bond acceptors (Lipinski definition) is 4. The number of hydrogen-bond donors (Lipinski definition) is 2. The Morgan fingerprint density at radius 2 is 1.81 bits per heavy atom. The summed E-state index contributed by atoms with van der Waals surface area (Å²) in [6, 6.07) is 8.11. The fourth-order valence-electron chi connectivity index (χ4n) is 3.17. The maximum Gasteiger partial charge on any atom is 0.191 e. The van der Waals surface area contributed by atoms with Gasteiger partial charge in [-0.15, -0.1) is 0 Å². The van der Waals surface area contributed by atoms with Crippen molar-refractivity contribution in [2.24, 2.45) is 4.99 Å². The van der Waals surface area contributed by atoms with E-state index in [1.807, 2.05) is 18.2 Å². The van der Waals surface area contributed by atoms with E-state index >= 15 is 0 Å². The highest BCUT2D eigenvalue weighted by Crippen LogP contribution is 2.17. The zero-order chi connectivity index (χ0) is 19.5. The molecule has 1 aromatic rings. The zero-order valence-corrected chi connectivity index (χ0v) is 17.5. The molecule has 0 radical (unpaired) electrons. The van der Waals surface area contributed by atoms with E-state index in [9.17, 15) is 0 Å². The van der Waals surface area contributed by atoms with Crippen molar-refractivity contribution >= 4 is 5.96 Å². The number of piperazine rings is 1. The van der Waals surface area contributed by atoms with Crippen LogP contribution in [-0.4, -0.2) is 80.8 Å². The van der Waals surface area contributed by atoms with E-state index in [0.29, 0.717) is 6.54 Å². The molecular formula is C21H37N5O. The maximum atomic E-state index is 6.02. The molecule has 1 saturated heterocycles. The van der Waals surface area contributed by atoms with Gasteiger partial charge in [-0.3, -0.25) is 4.90 Å². The van der Waals surface area contributed by atoms with Crippen molar-refractivity contribution in [3.63, 3.8) is 0 Å². The van der Waals surface area contributed by atoms with Gasteiger partial charge in [-0.05, 0) is 38.9 Å². The molecule has 0 aromatic heterocycles. The van der Waals surface area contributed by atoms with Crippen LogP contribution in [0.25, 0.3) is 0 Å². The highest BCUT2D eigenvalue weighted by molar-refractivity contribution is 5.79. The quantitative estimate of drug-likeness (QED) is 0.510. The number of aliphatic imine (C=N–C) groups is 1. The number of guanidine groups is 1. The summed E-state index contributed by atoms with van der Waals surface area (Å²) in [5, 5.41) is 6.78. The molecule has 1 aliphatic heterocycles. The minimum atomic E-state index is 0.0312. The molecule has 1 fully saturated rings. The molecule has 6 heteroatoms. The molecule has 0 bridgehead atoms. The average molecular weight is 376 g/mol. The van der Waals surface area contributed by atoms with Crippen molar-refractivity contribution < 1.29 is 4.74 Å². The maximum absolute atomic E-state index is 6.02. The van der Waals surface area contributed by atoms with Crippen LogP contribution in [0.15, 0.2) is 29.3 Å². The predicted octanol–water partition coefficient (Wildman–Crippen LogP) is 1.95. The van der Waals surface area contributed by atoms with Gasteiger partial charge in [0.1, 0.15) is 11.9 Å². The lowest BCUT2D eigenvalue weighted by Gasteiger charge is -2.34. The van der Waals surface area contributed by atoms with Crippen LogP contribution in [0.4, 0.5) is 0 Å². The SMILES string of the molecule is CCNC(=NCC(C)Oc1ccccc1C)NCCN1CCN(CC)CC1. The summed E-state index contributed by atoms with van der Waals surface area (Å²) in [4.78, 5) is 9.72. The Balaban J connectivity index is 1.74. The minimum Gasteiger partial charge on any atom is -0.489 e. The summed E-state index contributed by atoms with van der Waals surface area (Å²) in [5.41, 5.74) is 1.15. The van der Waals surface area contributed by atoms with Crippen LogP contribution in [-0.2, 0) is 0 Å². The highest BCUT2D eigenvalue weighted by Gasteiger charge is 2.14. The molecule has 152 valence electrons. The van der Waals surface area contributed by atoms with Crippen LogP contribution >= 0.6 is 0 Å². The fourth-order valence-corrected chi connectivity index (χ4v) is 3.17. The third-order valence-corrected chi connectivity index (χ3v) is 4.91. The molecule has 6 nitrogen and oxygen atoms in total. The third kappa shape index (κ3) is 7.77. The van der Waals surface area contributed by atoms with E-state index in [1.165, 1.54) is 13.1 Å². The van der Waals surface area contributed by atoms with Crippen LogP contribution in [0, 0.1) is 6.92 Å². The smallest absolute Gasteiger partial charge is 0.191 e. The second kappa shape index (κ2) is 11.8. The summed E-state index contributed by atoms with van der Waals surface area (Å²) in [6.45, 7) is 17.7. The predicted molar refractivity (Wildman–Crippen MR) is 114 cm³/mol. The Morgan fingerprint density at radius 3 is 2.48 bits per heavy atom. The van der Waals surface area contributed by atoms with Crippen LogP contribution < -0.4 is 15.4 Å². The number of nitrogens with zero attached hydrogens (tertiary/aromatic N) is 3. The molecule has 1 unspecified atom stereocenters. The van der Waals surface area contributed by atoms with E-state index in [1.54, 1.807) is 0 Å². The van der Waals surface area contributed by atoms with Gasteiger partial charge in [0, 0.05) is 45.8 Å². The van der Waals surface area contributed by atoms with Crippen molar-refractivity contribution in [3.05, 3.63) is 29.8 Å². The number of benzene rings is 1. The Hall–Kier alpha value is -1.79. The summed E-state index contributed by atoms with van der Waals surface area (Å²) in [7, 11) is 0. The van der Waals surface area contributed by atoms with E-state index < -0.39 is 0 Å². The first kappa shape index (κ1) is 21.5. The van der Waals surface area contributed by atoms with Gasteiger partial charge in [-0.2, -0.15) is 0 Å². The van der Waals surface area contributed by atoms with Gasteiger partial charge in [-0.25, -0.2) is 4.99 Å². The second-order valence-electron chi connectivity index (χ2n) is 7.12. The topological polar surface area (TPSA) is 52.1 Å². The van der Waals surface area contributed by atoms with E-state index in [2.05, 4.69) is 59.2 Å². The molecule has 2 N–H and O–H groups in total. The standard InChI is InChI=1S/C21H37N5O/c1-5-22-21(23-11-12-26-15-13-25(6-2)14-16-26)24-17-19(4)27-20-10-8-7-9-18(20)3/h7-10,19H,5-6,11-17H2,1-4H3,(H2,22,23,24). The van der Waals surface area contributed by atoms with Gasteiger partial charge in [-0.1, -0.05) is 25.1 Å². The molecule has 0 aliphatic carbocycles. The molecule has 1 atom stereocenters. The van der Waals surface area contributed by atoms with E-state index in [0.717, 1.165) is 56.5 Å². The van der Waals surface area contributed by atoms with Crippen molar-refractivity contribution in [1.82, 2.24) is 20.4 Å². The Kier molecular flexibility index (Phi) is 9.42. The molecule has 1 heterocycles. The van der Waals surface area contributed by atoms with Gasteiger partial charge in [0.2, 0.25) is 0 Å². The lowest BCUT2D eigenvalue weighted by Crippen LogP contribution is -2.49. The van der Waals surface area contributed by atoms with Crippen LogP contribution in [0.5, 0.6) is 5.75 Å². The summed E-state index contributed by atoms with van der Waals surface area (Å²) in [6.07, 6.45) is 0.0312. The minimum absolute atomic E-state index is 0.0312. The fraction of sp³-hybridized carbons (Fsp3) is 0.667. The Bertz CT molecular complexity index is 569. The van der Waals surface area contributed by atoms with Gasteiger partial charge in [0.25, 0.3) is 0 Å². The Labute approximate surface area is 165 Å². The van der Waals surface area contributed by atoms with Crippen LogP contribution in [0.1, 0.15) is 26.3 Å². The molecule has 1 aliphatic rings. The highest BCUT2D eigenvalue weighted by atomic mass is 16.5. The van der Waals surface area contributed by atoms with E-state index in [4.69, 9.17) is 4.74 Å². The largest absolute Gasteiger partial charge is 0.489 e. The number of likely N-dealkylation sites (N-methyl/N-ethyl adjacent to an activating group) is 1. The van der Waals surface area contributed by atoms with Crippen molar-refractivity contribution in [1.29, 1.82) is 0 Å². The van der Waals surface area contributed by atoms with Crippen molar-refractivity contribution in [3.8, 4) is 5.75 Å². The molecule has 0 amide bonds. The first-order valence-electron chi connectivity index (χ1n) is 10.3. The molecular weight excluding hydrogens is 338 g/mol. The number of aryl methyl sites for hydroxylation is 1. The van der Waals surface area contributed by atoms with E-state index in [-0.39, 0.29) is 6.10 Å².